The molecule has 224 valence electrons. The minimum Gasteiger partial charge on any atom is -0.478 e. The summed E-state index contributed by atoms with van der Waals surface area (Å²) in [6.07, 6.45) is -1.04. The van der Waals surface area contributed by atoms with Gasteiger partial charge in [-0.05, 0) is 61.2 Å². The molecule has 0 aliphatic heterocycles. The van der Waals surface area contributed by atoms with Crippen LogP contribution in [-0.2, 0) is 18.3 Å². The highest BCUT2D eigenvalue weighted by molar-refractivity contribution is 7.19. The predicted octanol–water partition coefficient (Wildman–Crippen LogP) is 4.76. The Morgan fingerprint density at radius 1 is 0.976 bits per heavy atom. The highest BCUT2D eigenvalue weighted by Crippen LogP contribution is 2.46. The van der Waals surface area contributed by atoms with Crippen LogP contribution < -0.4 is 10.6 Å². The molecule has 0 unspecified atom stereocenters. The number of amides is 1. The van der Waals surface area contributed by atoms with Gasteiger partial charge in [-0.2, -0.15) is 13.2 Å². The summed E-state index contributed by atoms with van der Waals surface area (Å²) < 4.78 is 41.5. The second-order valence-electron chi connectivity index (χ2n) is 10.0. The van der Waals surface area contributed by atoms with Crippen molar-refractivity contribution in [3.63, 3.8) is 0 Å². The first-order chi connectivity index (χ1) is 20.0. The van der Waals surface area contributed by atoms with Gasteiger partial charge >= 0.3 is 12.1 Å². The van der Waals surface area contributed by atoms with Gasteiger partial charge in [0, 0.05) is 30.7 Å². The fourth-order valence-corrected chi connectivity index (χ4v) is 5.75. The molecule has 1 fully saturated rings. The smallest absolute Gasteiger partial charge is 0.416 e. The third-order valence-corrected chi connectivity index (χ3v) is 8.06. The maximum atomic E-state index is 13.5. The standard InChI is InChI=1S/C26H21F3N2O3S.C4H11NO2/c1-15-21(23(32)30-25(11-12-25)18-8-4-17(5-9-18)24(33)34)22-20(35-15)10-13-31(22)14-16-2-6-19(7-3-16)26(27,28)29;6-3-1-5-2-4-7/h2-10,13H,11-12,14H2,1H3,(H,30,32)(H,33,34);5-7H,1-4H2. The second-order valence-corrected chi connectivity index (χ2v) is 11.3. The van der Waals surface area contributed by atoms with E-state index in [0.29, 0.717) is 30.8 Å². The van der Waals surface area contributed by atoms with Crippen molar-refractivity contribution >= 4 is 33.4 Å². The van der Waals surface area contributed by atoms with Crippen LogP contribution in [0.25, 0.3) is 10.2 Å². The molecule has 2 heterocycles. The van der Waals surface area contributed by atoms with Gasteiger partial charge in [0.15, 0.2) is 0 Å². The summed E-state index contributed by atoms with van der Waals surface area (Å²) in [4.78, 5) is 25.5. The molecule has 8 nitrogen and oxygen atoms in total. The molecule has 1 aliphatic carbocycles. The van der Waals surface area contributed by atoms with E-state index in [9.17, 15) is 22.8 Å². The van der Waals surface area contributed by atoms with Crippen LogP contribution in [0, 0.1) is 6.92 Å². The van der Waals surface area contributed by atoms with Crippen molar-refractivity contribution in [1.29, 1.82) is 0 Å². The molecular weight excluding hydrogens is 571 g/mol. The third kappa shape index (κ3) is 7.19. The quantitative estimate of drug-likeness (QED) is 0.167. The maximum Gasteiger partial charge on any atom is 0.416 e. The van der Waals surface area contributed by atoms with E-state index in [-0.39, 0.29) is 24.7 Å². The minimum absolute atomic E-state index is 0.139. The number of fused-ring (bicyclic) bond motifs is 1. The maximum absolute atomic E-state index is 13.5. The molecule has 1 aliphatic rings. The van der Waals surface area contributed by atoms with Crippen LogP contribution in [0.2, 0.25) is 0 Å². The van der Waals surface area contributed by atoms with Crippen LogP contribution in [0.4, 0.5) is 13.2 Å². The Hall–Kier alpha value is -3.71. The van der Waals surface area contributed by atoms with Crippen molar-refractivity contribution in [2.75, 3.05) is 26.3 Å². The predicted molar refractivity (Wildman–Crippen MR) is 154 cm³/mol. The number of hydrogen-bond acceptors (Lipinski definition) is 6. The number of carboxylic acids is 1. The van der Waals surface area contributed by atoms with E-state index in [2.05, 4.69) is 10.6 Å². The van der Waals surface area contributed by atoms with E-state index < -0.39 is 23.2 Å². The summed E-state index contributed by atoms with van der Waals surface area (Å²) in [5, 5.41) is 31.4. The molecule has 2 aromatic carbocycles. The average Bonchev–Trinajstić information content (AvgIpc) is 3.52. The van der Waals surface area contributed by atoms with Gasteiger partial charge in [-0.3, -0.25) is 4.79 Å². The first-order valence-electron chi connectivity index (χ1n) is 13.3. The summed E-state index contributed by atoms with van der Waals surface area (Å²) in [5.41, 5.74) is 1.82. The Morgan fingerprint density at radius 3 is 2.12 bits per heavy atom. The van der Waals surface area contributed by atoms with Gasteiger partial charge in [0.05, 0.1) is 45.7 Å². The number of thiophene rings is 1. The van der Waals surface area contributed by atoms with Gasteiger partial charge in [-0.25, -0.2) is 4.79 Å². The van der Waals surface area contributed by atoms with Gasteiger partial charge < -0.3 is 30.5 Å². The van der Waals surface area contributed by atoms with Crippen molar-refractivity contribution in [3.05, 3.63) is 93.5 Å². The Balaban J connectivity index is 0.000000517. The van der Waals surface area contributed by atoms with Crippen molar-refractivity contribution in [2.24, 2.45) is 0 Å². The Morgan fingerprint density at radius 2 is 1.60 bits per heavy atom. The van der Waals surface area contributed by atoms with E-state index in [1.807, 2.05) is 23.8 Å². The lowest BCUT2D eigenvalue weighted by atomic mass is 10.0. The van der Waals surface area contributed by atoms with Crippen molar-refractivity contribution in [3.8, 4) is 0 Å². The number of nitrogens with zero attached hydrogens (tertiary/aromatic N) is 1. The number of aromatic nitrogens is 1. The topological polar surface area (TPSA) is 124 Å². The van der Waals surface area contributed by atoms with E-state index >= 15 is 0 Å². The molecule has 0 radical (unpaired) electrons. The zero-order valence-corrected chi connectivity index (χ0v) is 23.7. The number of aliphatic hydroxyl groups excluding tert-OH is 2. The number of nitrogens with one attached hydrogen (secondary N) is 2. The first-order valence-corrected chi connectivity index (χ1v) is 14.1. The molecule has 5 rings (SSSR count). The van der Waals surface area contributed by atoms with E-state index in [4.69, 9.17) is 15.3 Å². The molecular formula is C30H32F3N3O5S. The van der Waals surface area contributed by atoms with Crippen LogP contribution >= 0.6 is 11.3 Å². The van der Waals surface area contributed by atoms with Crippen LogP contribution in [0.15, 0.2) is 60.8 Å². The van der Waals surface area contributed by atoms with Gasteiger partial charge in [-0.15, -0.1) is 11.3 Å². The van der Waals surface area contributed by atoms with Crippen molar-refractivity contribution in [2.45, 2.75) is 38.0 Å². The Labute approximate surface area is 244 Å². The van der Waals surface area contributed by atoms with Crippen LogP contribution in [-0.4, -0.2) is 58.1 Å². The number of carbonyl (C=O) groups excluding carboxylic acids is 1. The Bertz CT molecular complexity index is 1520. The first kappa shape index (κ1) is 31.2. The highest BCUT2D eigenvalue weighted by atomic mass is 32.1. The highest BCUT2D eigenvalue weighted by Gasteiger charge is 2.46. The number of aromatic carboxylic acids is 1. The fraction of sp³-hybridized carbons (Fsp3) is 0.333. The average molecular weight is 604 g/mol. The zero-order valence-electron chi connectivity index (χ0n) is 22.9. The summed E-state index contributed by atoms with van der Waals surface area (Å²) in [6.45, 7) is 3.63. The Kier molecular flexibility index (Phi) is 9.72. The van der Waals surface area contributed by atoms with E-state index in [1.54, 1.807) is 12.1 Å². The number of rotatable bonds is 10. The largest absolute Gasteiger partial charge is 0.478 e. The SMILES string of the molecule is Cc1sc2ccn(Cc3ccc(C(F)(F)F)cc3)c2c1C(=O)NC1(c2ccc(C(=O)O)cc2)CC1.OCCNCCO. The van der Waals surface area contributed by atoms with Crippen molar-refractivity contribution < 1.29 is 38.1 Å². The van der Waals surface area contributed by atoms with Crippen LogP contribution in [0.1, 0.15) is 55.1 Å². The molecule has 42 heavy (non-hydrogen) atoms. The number of hydrogen-bond donors (Lipinski definition) is 5. The third-order valence-electron chi connectivity index (χ3n) is 7.00. The molecule has 1 amide bonds. The lowest BCUT2D eigenvalue weighted by molar-refractivity contribution is -0.137. The molecule has 5 N–H and O–H groups in total. The number of alkyl halides is 3. The number of carboxylic acid groups (broad SMARTS) is 1. The summed E-state index contributed by atoms with van der Waals surface area (Å²) in [6, 6.07) is 13.5. The zero-order chi connectivity index (χ0) is 30.5. The van der Waals surface area contributed by atoms with Gasteiger partial charge in [-0.1, -0.05) is 24.3 Å². The fourth-order valence-electron chi connectivity index (χ4n) is 4.69. The normalized spacial score (nSPS) is 13.9. The molecule has 1 saturated carbocycles. The minimum atomic E-state index is -4.39. The van der Waals surface area contributed by atoms with E-state index in [0.717, 1.165) is 45.6 Å². The molecule has 0 atom stereocenters. The molecule has 0 bridgehead atoms. The lowest BCUT2D eigenvalue weighted by Crippen LogP contribution is -2.35. The van der Waals surface area contributed by atoms with E-state index in [1.165, 1.54) is 35.6 Å². The van der Waals surface area contributed by atoms with Crippen LogP contribution in [0.3, 0.4) is 0 Å². The molecule has 12 heteroatoms. The van der Waals surface area contributed by atoms with Crippen molar-refractivity contribution in [1.82, 2.24) is 15.2 Å². The number of aliphatic hydroxyl groups is 2. The van der Waals surface area contributed by atoms with Gasteiger partial charge in [0.2, 0.25) is 0 Å². The molecule has 0 saturated heterocycles. The number of benzene rings is 2. The molecule has 0 spiro atoms. The second kappa shape index (κ2) is 13.1. The monoisotopic (exact) mass is 603 g/mol. The van der Waals surface area contributed by atoms with Crippen LogP contribution in [0.5, 0.6) is 0 Å². The molecule has 4 aromatic rings. The number of halogens is 3. The number of aryl methyl sites for hydroxylation is 1. The summed E-state index contributed by atoms with van der Waals surface area (Å²) in [5.74, 6) is -1.23. The molecule has 2 aromatic heterocycles. The van der Waals surface area contributed by atoms with Gasteiger partial charge in [0.25, 0.3) is 5.91 Å². The lowest BCUT2D eigenvalue weighted by Gasteiger charge is -2.19. The number of carbonyl (C=O) groups is 2. The van der Waals surface area contributed by atoms with Gasteiger partial charge in [0.1, 0.15) is 0 Å². The summed E-state index contributed by atoms with van der Waals surface area (Å²) >= 11 is 1.50. The summed E-state index contributed by atoms with van der Waals surface area (Å²) in [7, 11) is 0.